The molecule has 0 aliphatic carbocycles. The third-order valence-electron chi connectivity index (χ3n) is 5.48. The number of carbonyl (C=O) groups excluding carboxylic acids is 5. The number of para-hydroxylation sites is 1. The molecule has 2 aromatic rings. The summed E-state index contributed by atoms with van der Waals surface area (Å²) in [7, 11) is 1.22. The number of hydrogen-bond donors (Lipinski definition) is 1. The molecule has 1 heterocycles. The number of nitrogens with zero attached hydrogens (tertiary/aromatic N) is 1. The number of hydrogen-bond acceptors (Lipinski definition) is 7. The normalized spacial score (nSPS) is 14.3. The van der Waals surface area contributed by atoms with Crippen LogP contribution in [-0.2, 0) is 19.1 Å². The van der Waals surface area contributed by atoms with Gasteiger partial charge in [0.2, 0.25) is 0 Å². The summed E-state index contributed by atoms with van der Waals surface area (Å²) >= 11 is 0. The number of amides is 3. The Morgan fingerprint density at radius 2 is 1.55 bits per heavy atom. The lowest BCUT2D eigenvalue weighted by Gasteiger charge is -2.28. The Morgan fingerprint density at radius 3 is 2.12 bits per heavy atom. The van der Waals surface area contributed by atoms with Gasteiger partial charge in [0.15, 0.2) is 6.61 Å². The van der Waals surface area contributed by atoms with Crippen molar-refractivity contribution in [3.05, 3.63) is 65.2 Å². The first-order chi connectivity index (χ1) is 15.8. The highest BCUT2D eigenvalue weighted by Gasteiger charge is 2.45. The lowest BCUT2D eigenvalue weighted by atomic mass is 9.97. The van der Waals surface area contributed by atoms with Gasteiger partial charge in [-0.2, -0.15) is 0 Å². The predicted octanol–water partition coefficient (Wildman–Crippen LogP) is 2.67. The van der Waals surface area contributed by atoms with E-state index in [0.29, 0.717) is 6.42 Å². The van der Waals surface area contributed by atoms with Crippen molar-refractivity contribution in [1.82, 2.24) is 4.90 Å². The molecule has 2 aromatic carbocycles. The van der Waals surface area contributed by atoms with Crippen LogP contribution in [0.2, 0.25) is 0 Å². The van der Waals surface area contributed by atoms with Gasteiger partial charge < -0.3 is 14.8 Å². The van der Waals surface area contributed by atoms with Gasteiger partial charge in [-0.15, -0.1) is 0 Å². The number of esters is 2. The van der Waals surface area contributed by atoms with Gasteiger partial charge in [0.25, 0.3) is 17.7 Å². The van der Waals surface area contributed by atoms with E-state index >= 15 is 0 Å². The molecule has 2 atom stereocenters. The van der Waals surface area contributed by atoms with Crippen molar-refractivity contribution in [3.63, 3.8) is 0 Å². The summed E-state index contributed by atoms with van der Waals surface area (Å²) in [6.45, 7) is 2.88. The van der Waals surface area contributed by atoms with Gasteiger partial charge in [0.05, 0.1) is 29.5 Å². The molecule has 0 saturated heterocycles. The van der Waals surface area contributed by atoms with Gasteiger partial charge in [0, 0.05) is 0 Å². The molecule has 0 radical (unpaired) electrons. The van der Waals surface area contributed by atoms with Crippen molar-refractivity contribution in [2.24, 2.45) is 5.92 Å². The quantitative estimate of drug-likeness (QED) is 0.483. The average Bonchev–Trinajstić information content (AvgIpc) is 3.08. The maximum Gasteiger partial charge on any atom is 0.339 e. The number of methoxy groups -OCH3 is 1. The molecule has 0 bridgehead atoms. The van der Waals surface area contributed by atoms with Crippen LogP contribution in [0.5, 0.6) is 0 Å². The Bertz CT molecular complexity index is 1080. The number of fused-ring (bicyclic) bond motifs is 1. The zero-order chi connectivity index (χ0) is 24.1. The molecule has 0 saturated carbocycles. The van der Waals surface area contributed by atoms with Crippen LogP contribution < -0.4 is 5.32 Å². The van der Waals surface area contributed by atoms with Crippen LogP contribution in [0, 0.1) is 5.92 Å². The third kappa shape index (κ3) is 4.77. The van der Waals surface area contributed by atoms with Crippen LogP contribution in [-0.4, -0.2) is 54.3 Å². The fourth-order valence-corrected chi connectivity index (χ4v) is 3.56. The molecule has 1 aliphatic rings. The molecule has 9 nitrogen and oxygen atoms in total. The number of carbonyl (C=O) groups is 5. The molecular formula is C24H24N2O7. The van der Waals surface area contributed by atoms with Crippen molar-refractivity contribution >= 4 is 35.3 Å². The Balaban J connectivity index is 1.72. The number of rotatable bonds is 8. The van der Waals surface area contributed by atoms with Crippen molar-refractivity contribution in [2.75, 3.05) is 19.0 Å². The highest BCUT2D eigenvalue weighted by atomic mass is 16.5. The summed E-state index contributed by atoms with van der Waals surface area (Å²) in [5.41, 5.74) is 0.786. The van der Waals surface area contributed by atoms with Gasteiger partial charge in [0.1, 0.15) is 6.04 Å². The molecular weight excluding hydrogens is 428 g/mol. The maximum atomic E-state index is 12.9. The lowest BCUT2D eigenvalue weighted by Crippen LogP contribution is -2.49. The summed E-state index contributed by atoms with van der Waals surface area (Å²) in [5, 5.41) is 2.50. The van der Waals surface area contributed by atoms with Crippen molar-refractivity contribution < 1.29 is 33.4 Å². The smallest absolute Gasteiger partial charge is 0.339 e. The Hall–Kier alpha value is -4.01. The van der Waals surface area contributed by atoms with E-state index in [4.69, 9.17) is 4.74 Å². The van der Waals surface area contributed by atoms with Crippen LogP contribution in [0.4, 0.5) is 5.69 Å². The zero-order valence-electron chi connectivity index (χ0n) is 18.5. The van der Waals surface area contributed by atoms with E-state index in [-0.39, 0.29) is 22.4 Å². The highest BCUT2D eigenvalue weighted by Crippen LogP contribution is 2.28. The number of imide groups is 1. The summed E-state index contributed by atoms with van der Waals surface area (Å²) < 4.78 is 9.87. The molecule has 172 valence electrons. The first kappa shape index (κ1) is 23.6. The lowest BCUT2D eigenvalue weighted by molar-refractivity contribution is -0.152. The minimum atomic E-state index is -1.18. The molecule has 1 N–H and O–H groups in total. The molecule has 0 aromatic heterocycles. The standard InChI is InChI=1S/C24H24N2O7/c1-4-14(2)20(26-21(28)15-9-5-6-10-16(15)22(26)29)24(31)33-13-19(27)25-18-12-8-7-11-17(18)23(30)32-3/h5-12,14,20H,4,13H2,1-3H3,(H,25,27)/t14-,20-/m0/s1. The zero-order valence-corrected chi connectivity index (χ0v) is 18.5. The SMILES string of the molecule is CC[C@H](C)[C@@H](C(=O)OCC(=O)Nc1ccccc1C(=O)OC)N1C(=O)c2ccccc2C1=O. The fraction of sp³-hybridized carbons (Fsp3) is 0.292. The second kappa shape index (κ2) is 10.1. The Morgan fingerprint density at radius 1 is 0.970 bits per heavy atom. The van der Waals surface area contributed by atoms with Crippen molar-refractivity contribution in [1.29, 1.82) is 0 Å². The van der Waals surface area contributed by atoms with Crippen LogP contribution in [0.25, 0.3) is 0 Å². The molecule has 9 heteroatoms. The van der Waals surface area contributed by atoms with E-state index in [0.717, 1.165) is 4.90 Å². The van der Waals surface area contributed by atoms with E-state index in [2.05, 4.69) is 10.1 Å². The van der Waals surface area contributed by atoms with Crippen LogP contribution in [0.1, 0.15) is 51.3 Å². The Kier molecular flexibility index (Phi) is 7.22. The summed E-state index contributed by atoms with van der Waals surface area (Å²) in [6, 6.07) is 11.4. The first-order valence-corrected chi connectivity index (χ1v) is 10.4. The summed E-state index contributed by atoms with van der Waals surface area (Å²) in [4.78, 5) is 63.8. The van der Waals surface area contributed by atoms with Crippen molar-refractivity contribution in [3.8, 4) is 0 Å². The van der Waals surface area contributed by atoms with Crippen LogP contribution >= 0.6 is 0 Å². The molecule has 3 rings (SSSR count). The van der Waals surface area contributed by atoms with Gasteiger partial charge in [-0.1, -0.05) is 44.5 Å². The molecule has 0 unspecified atom stereocenters. The topological polar surface area (TPSA) is 119 Å². The molecule has 33 heavy (non-hydrogen) atoms. The minimum Gasteiger partial charge on any atom is -0.465 e. The number of benzene rings is 2. The van der Waals surface area contributed by atoms with E-state index in [9.17, 15) is 24.0 Å². The highest BCUT2D eigenvalue weighted by molar-refractivity contribution is 6.22. The molecule has 0 spiro atoms. The summed E-state index contributed by atoms with van der Waals surface area (Å²) in [6.07, 6.45) is 0.492. The number of ether oxygens (including phenoxy) is 2. The van der Waals surface area contributed by atoms with Gasteiger partial charge in [-0.05, 0) is 30.2 Å². The second-order valence-electron chi connectivity index (χ2n) is 7.55. The molecule has 0 fully saturated rings. The van der Waals surface area contributed by atoms with E-state index in [1.165, 1.54) is 31.4 Å². The second-order valence-corrected chi connectivity index (χ2v) is 7.55. The van der Waals surface area contributed by atoms with Gasteiger partial charge >= 0.3 is 11.9 Å². The molecule has 3 amide bonds. The monoisotopic (exact) mass is 452 g/mol. The Labute approximate surface area is 190 Å². The largest absolute Gasteiger partial charge is 0.465 e. The van der Waals surface area contributed by atoms with Crippen LogP contribution in [0.3, 0.4) is 0 Å². The molecule has 1 aliphatic heterocycles. The van der Waals surface area contributed by atoms with Gasteiger partial charge in [-0.25, -0.2) is 9.59 Å². The third-order valence-corrected chi connectivity index (χ3v) is 5.48. The average molecular weight is 452 g/mol. The maximum absolute atomic E-state index is 12.9. The summed E-state index contributed by atoms with van der Waals surface area (Å²) in [5.74, 6) is -3.74. The van der Waals surface area contributed by atoms with Gasteiger partial charge in [-0.3, -0.25) is 19.3 Å². The first-order valence-electron chi connectivity index (χ1n) is 10.4. The van der Waals surface area contributed by atoms with E-state index < -0.39 is 48.2 Å². The predicted molar refractivity (Wildman–Crippen MR) is 118 cm³/mol. The van der Waals surface area contributed by atoms with Crippen molar-refractivity contribution in [2.45, 2.75) is 26.3 Å². The minimum absolute atomic E-state index is 0.142. The number of anilines is 1. The van der Waals surface area contributed by atoms with E-state index in [1.807, 2.05) is 6.92 Å². The fourth-order valence-electron chi connectivity index (χ4n) is 3.56. The number of nitrogens with one attached hydrogen (secondary N) is 1. The van der Waals surface area contributed by atoms with Crippen LogP contribution in [0.15, 0.2) is 48.5 Å². The van der Waals surface area contributed by atoms with E-state index in [1.54, 1.807) is 31.2 Å².